The minimum absolute atomic E-state index is 0.336. The molecule has 3 heterocycles. The first-order valence-electron chi connectivity index (χ1n) is 24.7. The number of pyridine rings is 1. The molecule has 0 saturated carbocycles. The van der Waals surface area contributed by atoms with Gasteiger partial charge in [0.15, 0.2) is 0 Å². The molecule has 12 heteroatoms. The Labute approximate surface area is 456 Å². The molecule has 0 aliphatic rings. The number of hydrogen-bond donors (Lipinski definition) is 0. The summed E-state index contributed by atoms with van der Waals surface area (Å²) in [4.78, 5) is 5.29. The Hall–Kier alpha value is -12.9. The highest BCUT2D eigenvalue weighted by Gasteiger charge is 2.23. The Morgan fingerprint density at radius 2 is 0.600 bits per heavy atom. The third-order valence-corrected chi connectivity index (χ3v) is 14.5. The highest BCUT2D eigenvalue weighted by atomic mass is 15.1. The molecule has 9 aromatic carbocycles. The van der Waals surface area contributed by atoms with Crippen molar-refractivity contribution in [1.29, 1.82) is 47.4 Å². The van der Waals surface area contributed by atoms with Crippen LogP contribution in [-0.2, 0) is 0 Å². The number of rotatable bonds is 7. The van der Waals surface area contributed by atoms with E-state index in [2.05, 4.69) is 59.2 Å². The van der Waals surface area contributed by atoms with Gasteiger partial charge in [-0.1, -0.05) is 60.7 Å². The van der Waals surface area contributed by atoms with E-state index in [9.17, 15) is 47.4 Å². The van der Waals surface area contributed by atoms with Gasteiger partial charge in [0.05, 0.1) is 139 Å². The van der Waals surface area contributed by atoms with Gasteiger partial charge in [0.1, 0.15) is 5.82 Å². The lowest BCUT2D eigenvalue weighted by molar-refractivity contribution is 1.06. The lowest BCUT2D eigenvalue weighted by Crippen LogP contribution is -2.03. The van der Waals surface area contributed by atoms with Crippen LogP contribution in [0.2, 0.25) is 0 Å². The largest absolute Gasteiger partial charge is 0.307 e. The number of hydrogen-bond acceptors (Lipinski definition) is 10. The fourth-order valence-corrected chi connectivity index (χ4v) is 10.8. The van der Waals surface area contributed by atoms with Crippen molar-refractivity contribution in [2.45, 2.75) is 0 Å². The van der Waals surface area contributed by atoms with Crippen molar-refractivity contribution in [3.05, 3.63) is 232 Å². The zero-order chi connectivity index (χ0) is 55.2. The summed E-state index contributed by atoms with van der Waals surface area (Å²) in [5, 5.41) is 93.3. The fraction of sp³-hybridized carbons (Fsp3) is 0. The van der Waals surface area contributed by atoms with E-state index in [4.69, 9.17) is 4.98 Å². The van der Waals surface area contributed by atoms with Crippen molar-refractivity contribution >= 4 is 43.6 Å². The van der Waals surface area contributed by atoms with Crippen molar-refractivity contribution in [1.82, 2.24) is 14.1 Å². The van der Waals surface area contributed by atoms with Crippen LogP contribution in [-0.4, -0.2) is 14.1 Å². The molecule has 0 amide bonds. The quantitative estimate of drug-likeness (QED) is 0.146. The number of nitriles is 9. The van der Waals surface area contributed by atoms with E-state index in [1.807, 2.05) is 102 Å². The molecule has 0 aliphatic carbocycles. The van der Waals surface area contributed by atoms with Gasteiger partial charge < -0.3 is 4.57 Å². The molecular weight excluding hydrogens is 985 g/mol. The molecule has 0 fully saturated rings. The van der Waals surface area contributed by atoms with Crippen LogP contribution in [0.1, 0.15) is 50.1 Å². The zero-order valence-corrected chi connectivity index (χ0v) is 41.7. The van der Waals surface area contributed by atoms with Gasteiger partial charge in [0, 0.05) is 27.1 Å². The Balaban J connectivity index is 1.13. The van der Waals surface area contributed by atoms with Gasteiger partial charge >= 0.3 is 0 Å². The normalized spacial score (nSPS) is 10.6. The summed E-state index contributed by atoms with van der Waals surface area (Å²) in [6.07, 6.45) is 1.81. The summed E-state index contributed by atoms with van der Waals surface area (Å²) in [5.74, 6) is 0.527. The second kappa shape index (κ2) is 19.4. The average molecular weight is 1020 g/mol. The Bertz CT molecular complexity index is 4880. The van der Waals surface area contributed by atoms with E-state index in [-0.39, 0.29) is 0 Å². The summed E-state index contributed by atoms with van der Waals surface area (Å²) < 4.78 is 4.16. The molecule has 12 rings (SSSR count). The molecule has 3 aromatic heterocycles. The lowest BCUT2D eigenvalue weighted by atomic mass is 9.95. The van der Waals surface area contributed by atoms with Crippen LogP contribution in [0.5, 0.6) is 0 Å². The number of aromatic nitrogens is 3. The van der Waals surface area contributed by atoms with Crippen LogP contribution in [0.4, 0.5) is 0 Å². The van der Waals surface area contributed by atoms with Gasteiger partial charge in [-0.25, -0.2) is 4.98 Å². The van der Waals surface area contributed by atoms with E-state index < -0.39 is 0 Å². The first-order chi connectivity index (χ1) is 39.2. The van der Waals surface area contributed by atoms with Gasteiger partial charge in [-0.15, -0.1) is 0 Å². The summed E-state index contributed by atoms with van der Waals surface area (Å²) in [5.41, 5.74) is 13.9. The molecular formula is C68H30N12. The van der Waals surface area contributed by atoms with Gasteiger partial charge in [-0.05, 0) is 165 Å². The minimum atomic E-state index is 0.336. The third-order valence-electron chi connectivity index (χ3n) is 14.5. The molecule has 12 aromatic rings. The number of fused-ring (bicyclic) bond motifs is 6. The van der Waals surface area contributed by atoms with E-state index in [1.54, 1.807) is 85.1 Å². The summed E-state index contributed by atoms with van der Waals surface area (Å²) >= 11 is 0. The molecule has 0 aliphatic heterocycles. The van der Waals surface area contributed by atoms with Gasteiger partial charge in [-0.3, -0.25) is 4.57 Å². The topological polar surface area (TPSA) is 237 Å². The van der Waals surface area contributed by atoms with Gasteiger partial charge in [-0.2, -0.15) is 47.4 Å². The van der Waals surface area contributed by atoms with Crippen molar-refractivity contribution in [3.8, 4) is 122 Å². The molecule has 80 heavy (non-hydrogen) atoms. The number of benzene rings is 9. The number of nitrogens with zero attached hydrogens (tertiary/aromatic N) is 12. The van der Waals surface area contributed by atoms with E-state index in [0.717, 1.165) is 71.4 Å². The third kappa shape index (κ3) is 7.90. The molecule has 12 nitrogen and oxygen atoms in total. The first kappa shape index (κ1) is 48.1. The maximum atomic E-state index is 10.3. The highest BCUT2D eigenvalue weighted by molar-refractivity contribution is 6.14. The van der Waals surface area contributed by atoms with Crippen LogP contribution < -0.4 is 0 Å². The Morgan fingerprint density at radius 3 is 0.938 bits per heavy atom. The van der Waals surface area contributed by atoms with E-state index in [1.165, 1.54) is 0 Å². The van der Waals surface area contributed by atoms with E-state index in [0.29, 0.717) is 89.4 Å². The second-order valence-electron chi connectivity index (χ2n) is 18.8. The molecule has 0 radical (unpaired) electrons. The van der Waals surface area contributed by atoms with Gasteiger partial charge in [0.2, 0.25) is 0 Å². The first-order valence-corrected chi connectivity index (χ1v) is 24.7. The maximum absolute atomic E-state index is 10.3. The minimum Gasteiger partial charge on any atom is -0.307 e. The van der Waals surface area contributed by atoms with Crippen molar-refractivity contribution < 1.29 is 0 Å². The standard InChI is InChI=1S/C68H30N12/c69-30-40-2-1-3-45(20-40)58-29-68(80-65-18-10-48(56-14-6-43(33-72)23-52(56)37-76)27-61(65)62-28-49(11-19-66(62)80)57-15-7-44(34-73)24-53(57)38-77)78-39-67(58)79-63-16-8-46(54-12-4-41(31-70)21-50(54)35-74)25-59(63)60-26-47(9-17-64(60)79)55-13-5-42(32-71)22-51(55)36-75/h1-29,39H. The van der Waals surface area contributed by atoms with Gasteiger partial charge in [0.25, 0.3) is 0 Å². The SMILES string of the molecule is N#Cc1cccc(-c2cc(-n3c4ccc(-c5ccc(C#N)cc5C#N)cc4c4cc(-c5ccc(C#N)cc5C#N)ccc43)ncc2-n2c3ccc(-c4ccc(C#N)cc4C#N)cc3c3cc(-c4ccc(C#N)cc4C#N)ccc32)c1. The van der Waals surface area contributed by atoms with Crippen LogP contribution >= 0.6 is 0 Å². The van der Waals surface area contributed by atoms with Crippen molar-refractivity contribution in [2.24, 2.45) is 0 Å². The molecule has 0 unspecified atom stereocenters. The predicted molar refractivity (Wildman–Crippen MR) is 303 cm³/mol. The zero-order valence-electron chi connectivity index (χ0n) is 41.7. The van der Waals surface area contributed by atoms with Crippen molar-refractivity contribution in [3.63, 3.8) is 0 Å². The molecule has 0 bridgehead atoms. The maximum Gasteiger partial charge on any atom is 0.138 e. The monoisotopic (exact) mass is 1010 g/mol. The molecule has 0 atom stereocenters. The summed E-state index contributed by atoms with van der Waals surface area (Å²) in [7, 11) is 0. The molecule has 0 saturated heterocycles. The molecule has 0 N–H and O–H groups in total. The smallest absolute Gasteiger partial charge is 0.138 e. The predicted octanol–water partition coefficient (Wildman–Crippen LogP) is 14.5. The Morgan fingerprint density at radius 1 is 0.275 bits per heavy atom. The second-order valence-corrected chi connectivity index (χ2v) is 18.8. The molecule has 362 valence electrons. The summed E-state index contributed by atoms with van der Waals surface area (Å²) in [6, 6.07) is 72.9. The summed E-state index contributed by atoms with van der Waals surface area (Å²) in [6.45, 7) is 0. The lowest BCUT2D eigenvalue weighted by Gasteiger charge is -2.17. The van der Waals surface area contributed by atoms with Crippen LogP contribution in [0.25, 0.3) is 111 Å². The van der Waals surface area contributed by atoms with Crippen LogP contribution in [0, 0.1) is 102 Å². The van der Waals surface area contributed by atoms with Crippen LogP contribution in [0.15, 0.2) is 182 Å². The van der Waals surface area contributed by atoms with Crippen LogP contribution in [0.3, 0.4) is 0 Å². The average Bonchev–Trinajstić information content (AvgIpc) is 4.12. The Kier molecular flexibility index (Phi) is 11.7. The highest BCUT2D eigenvalue weighted by Crippen LogP contribution is 2.43. The fourth-order valence-electron chi connectivity index (χ4n) is 10.8. The molecule has 0 spiro atoms. The van der Waals surface area contributed by atoms with E-state index >= 15 is 0 Å². The van der Waals surface area contributed by atoms with Crippen molar-refractivity contribution in [2.75, 3.05) is 0 Å².